The van der Waals surface area contributed by atoms with E-state index >= 15 is 0 Å². The van der Waals surface area contributed by atoms with Gasteiger partial charge in [-0.2, -0.15) is 0 Å². The van der Waals surface area contributed by atoms with Crippen molar-refractivity contribution in [1.29, 1.82) is 0 Å². The molecule has 4 rings (SSSR count). The number of Topliss-reactive ketones (excluding diaryl/α,β-unsaturated/α-hetero) is 2. The predicted octanol–water partition coefficient (Wildman–Crippen LogP) is 5.67. The zero-order chi connectivity index (χ0) is 20.5. The summed E-state index contributed by atoms with van der Waals surface area (Å²) in [6.45, 7) is 13.3. The van der Waals surface area contributed by atoms with E-state index in [4.69, 9.17) is 4.43 Å². The van der Waals surface area contributed by atoms with Crippen LogP contribution >= 0.6 is 0 Å². The van der Waals surface area contributed by atoms with Gasteiger partial charge in [0.2, 0.25) is 8.32 Å². The fourth-order valence-corrected chi connectivity index (χ4v) is 6.69. The van der Waals surface area contributed by atoms with Crippen LogP contribution in [0.3, 0.4) is 0 Å². The van der Waals surface area contributed by atoms with Gasteiger partial charge in [0.25, 0.3) is 0 Å². The maximum atomic E-state index is 13.2. The molecule has 152 valence electrons. The van der Waals surface area contributed by atoms with Crippen molar-refractivity contribution in [3.63, 3.8) is 0 Å². The lowest BCUT2D eigenvalue weighted by Gasteiger charge is -2.47. The van der Waals surface area contributed by atoms with E-state index in [1.54, 1.807) is 0 Å². The summed E-state index contributed by atoms with van der Waals surface area (Å²) >= 11 is 0. The Morgan fingerprint density at radius 2 is 1.82 bits per heavy atom. The van der Waals surface area contributed by atoms with E-state index in [2.05, 4.69) is 52.1 Å². The number of hydrogen-bond acceptors (Lipinski definition) is 3. The fourth-order valence-electron chi connectivity index (χ4n) is 5.66. The quantitative estimate of drug-likeness (QED) is 0.602. The van der Waals surface area contributed by atoms with Gasteiger partial charge >= 0.3 is 0 Å². The third-order valence-corrected chi connectivity index (χ3v) is 12.7. The molecule has 0 N–H and O–H groups in total. The van der Waals surface area contributed by atoms with Crippen molar-refractivity contribution in [2.75, 3.05) is 0 Å². The van der Waals surface area contributed by atoms with Crippen molar-refractivity contribution >= 4 is 19.9 Å². The molecule has 28 heavy (non-hydrogen) atoms. The number of benzene rings is 1. The van der Waals surface area contributed by atoms with Crippen molar-refractivity contribution in [2.24, 2.45) is 17.3 Å². The summed E-state index contributed by atoms with van der Waals surface area (Å²) in [6.07, 6.45) is 4.05. The number of carbonyl (C=O) groups excluding carboxylic acids is 2. The molecule has 0 heterocycles. The van der Waals surface area contributed by atoms with E-state index < -0.39 is 13.7 Å². The highest BCUT2D eigenvalue weighted by molar-refractivity contribution is 6.74. The van der Waals surface area contributed by atoms with E-state index in [1.807, 2.05) is 6.92 Å². The maximum Gasteiger partial charge on any atom is 0.250 e. The Kier molecular flexibility index (Phi) is 4.46. The molecule has 2 fully saturated rings. The van der Waals surface area contributed by atoms with Gasteiger partial charge < -0.3 is 4.43 Å². The van der Waals surface area contributed by atoms with Gasteiger partial charge in [0.15, 0.2) is 0 Å². The molecule has 0 bridgehead atoms. The second-order valence-corrected chi connectivity index (χ2v) is 15.8. The molecule has 1 aromatic rings. The monoisotopic (exact) mass is 398 g/mol. The third-order valence-electron chi connectivity index (χ3n) is 8.35. The van der Waals surface area contributed by atoms with Crippen LogP contribution in [0.1, 0.15) is 70.4 Å². The van der Waals surface area contributed by atoms with Crippen LogP contribution < -0.4 is 4.43 Å². The largest absolute Gasteiger partial charge is 0.543 e. The molecule has 1 aromatic carbocycles. The van der Waals surface area contributed by atoms with Crippen LogP contribution in [-0.4, -0.2) is 19.9 Å². The first kappa shape index (κ1) is 19.9. The Morgan fingerprint density at radius 1 is 1.11 bits per heavy atom. The summed E-state index contributed by atoms with van der Waals surface area (Å²) in [5, 5.41) is 0.160. The highest BCUT2D eigenvalue weighted by atomic mass is 28.4. The minimum Gasteiger partial charge on any atom is -0.543 e. The van der Waals surface area contributed by atoms with E-state index in [0.29, 0.717) is 30.5 Å². The molecule has 2 saturated carbocycles. The second kappa shape index (κ2) is 6.29. The van der Waals surface area contributed by atoms with Gasteiger partial charge in [-0.25, -0.2) is 0 Å². The number of rotatable bonds is 2. The zero-order valence-electron chi connectivity index (χ0n) is 18.2. The van der Waals surface area contributed by atoms with Crippen LogP contribution in [0.4, 0.5) is 0 Å². The van der Waals surface area contributed by atoms with E-state index in [-0.39, 0.29) is 16.7 Å². The van der Waals surface area contributed by atoms with Crippen molar-refractivity contribution in [3.05, 3.63) is 29.3 Å². The van der Waals surface area contributed by atoms with Crippen LogP contribution in [0.15, 0.2) is 18.2 Å². The molecule has 3 aliphatic carbocycles. The molecule has 0 spiro atoms. The topological polar surface area (TPSA) is 43.4 Å². The summed E-state index contributed by atoms with van der Waals surface area (Å²) in [6, 6.07) is 6.40. The maximum absolute atomic E-state index is 13.2. The summed E-state index contributed by atoms with van der Waals surface area (Å²) in [7, 11) is -1.88. The van der Waals surface area contributed by atoms with Crippen molar-refractivity contribution < 1.29 is 14.0 Å². The lowest BCUT2D eigenvalue weighted by molar-refractivity contribution is -0.139. The summed E-state index contributed by atoms with van der Waals surface area (Å²) in [5.74, 6) is 2.23. The number of carbonyl (C=O) groups is 2. The van der Waals surface area contributed by atoms with Gasteiger partial charge in [0.05, 0.1) is 0 Å². The molecule has 0 radical (unpaired) electrons. The lowest BCUT2D eigenvalue weighted by atomic mass is 9.55. The first-order valence-electron chi connectivity index (χ1n) is 10.8. The first-order chi connectivity index (χ1) is 12.9. The molecular formula is C24H34O3Si. The number of hydrogen-bond donors (Lipinski definition) is 0. The molecule has 4 atom stereocenters. The summed E-state index contributed by atoms with van der Waals surface area (Å²) in [4.78, 5) is 25.6. The van der Waals surface area contributed by atoms with Crippen molar-refractivity contribution in [1.82, 2.24) is 0 Å². The lowest BCUT2D eigenvalue weighted by Crippen LogP contribution is -2.47. The molecule has 0 aliphatic heterocycles. The molecule has 0 saturated heterocycles. The van der Waals surface area contributed by atoms with Crippen LogP contribution in [0.5, 0.6) is 5.75 Å². The fraction of sp³-hybridized carbons (Fsp3) is 0.667. The Morgan fingerprint density at radius 3 is 2.50 bits per heavy atom. The highest BCUT2D eigenvalue weighted by Gasteiger charge is 2.57. The van der Waals surface area contributed by atoms with Crippen molar-refractivity contribution in [3.8, 4) is 5.75 Å². The number of aryl methyl sites for hydroxylation is 1. The van der Waals surface area contributed by atoms with Crippen LogP contribution in [-0.2, 0) is 16.0 Å². The third kappa shape index (κ3) is 2.90. The first-order valence-corrected chi connectivity index (χ1v) is 13.7. The molecule has 3 nitrogen and oxygen atoms in total. The van der Waals surface area contributed by atoms with E-state index in [1.165, 1.54) is 11.1 Å². The van der Waals surface area contributed by atoms with Gasteiger partial charge in [0, 0.05) is 24.2 Å². The normalized spacial score (nSPS) is 32.6. The van der Waals surface area contributed by atoms with Crippen LogP contribution in [0.2, 0.25) is 18.1 Å². The Bertz CT molecular complexity index is 835. The minimum absolute atomic E-state index is 0.0188. The van der Waals surface area contributed by atoms with Crippen LogP contribution in [0.25, 0.3) is 0 Å². The highest BCUT2D eigenvalue weighted by Crippen LogP contribution is 2.58. The number of ketones is 2. The molecule has 3 aliphatic rings. The van der Waals surface area contributed by atoms with Gasteiger partial charge in [-0.1, -0.05) is 33.8 Å². The summed E-state index contributed by atoms with van der Waals surface area (Å²) in [5.41, 5.74) is 2.07. The summed E-state index contributed by atoms with van der Waals surface area (Å²) < 4.78 is 6.50. The average molecular weight is 399 g/mol. The van der Waals surface area contributed by atoms with Gasteiger partial charge in [-0.3, -0.25) is 9.59 Å². The Balaban J connectivity index is 1.64. The molecule has 4 heteroatoms. The molecule has 3 unspecified atom stereocenters. The Labute approximate surface area is 170 Å². The number of fused-ring (bicyclic) bond motifs is 5. The molecule has 0 aromatic heterocycles. The second-order valence-electron chi connectivity index (χ2n) is 11.0. The minimum atomic E-state index is -1.88. The molecule has 0 amide bonds. The van der Waals surface area contributed by atoms with Gasteiger partial charge in [0.1, 0.15) is 17.3 Å². The Hall–Kier alpha value is -1.42. The SMILES string of the molecule is CC(C)(C)[Si](C)(C)Oc1ccc2c(c1)CCC1C2C(=O)C[C@]2(C)C(=O)CCC12. The smallest absolute Gasteiger partial charge is 0.250 e. The van der Waals surface area contributed by atoms with E-state index in [0.717, 1.165) is 25.0 Å². The zero-order valence-corrected chi connectivity index (χ0v) is 19.2. The van der Waals surface area contributed by atoms with Crippen LogP contribution in [0, 0.1) is 17.3 Å². The average Bonchev–Trinajstić information content (AvgIpc) is 2.88. The molecular weight excluding hydrogens is 364 g/mol. The van der Waals surface area contributed by atoms with Crippen molar-refractivity contribution in [2.45, 2.75) is 83.8 Å². The van der Waals surface area contributed by atoms with E-state index in [9.17, 15) is 9.59 Å². The van der Waals surface area contributed by atoms with Gasteiger partial charge in [-0.15, -0.1) is 0 Å². The predicted molar refractivity (Wildman–Crippen MR) is 114 cm³/mol. The standard InChI is InChI=1S/C24H34O3Si/c1-23(2,3)28(5,6)27-16-8-10-17-15(13-16)7-9-18-19-11-12-21(26)24(19,4)14-20(25)22(17)18/h8,10,13,18-19,22H,7,9,11-12,14H2,1-6H3/t18?,19?,22?,24-/m0/s1. The van der Waals surface area contributed by atoms with Gasteiger partial charge in [-0.05, 0) is 72.5 Å².